The number of hydrogen-bond donors (Lipinski definition) is 1. The highest BCUT2D eigenvalue weighted by Crippen LogP contribution is 2.27. The van der Waals surface area contributed by atoms with E-state index in [-0.39, 0.29) is 0 Å². The van der Waals surface area contributed by atoms with Crippen molar-refractivity contribution in [3.8, 4) is 0 Å². The van der Waals surface area contributed by atoms with E-state index in [4.69, 9.17) is 5.11 Å². The first-order chi connectivity index (χ1) is 7.70. The van der Waals surface area contributed by atoms with Crippen molar-refractivity contribution in [1.29, 1.82) is 0 Å². The van der Waals surface area contributed by atoms with Crippen LogP contribution < -0.4 is 0 Å². The van der Waals surface area contributed by atoms with E-state index in [2.05, 4.69) is 10.2 Å². The Labute approximate surface area is 97.2 Å². The van der Waals surface area contributed by atoms with Gasteiger partial charge in [0, 0.05) is 0 Å². The minimum absolute atomic E-state index is 0.675. The molecule has 4 nitrogen and oxygen atoms in total. The molecule has 1 atom stereocenters. The Bertz CT molecular complexity index is 235. The second-order valence-corrected chi connectivity index (χ2v) is 4.64. The fourth-order valence-electron chi connectivity index (χ4n) is 2.16. The average molecular weight is 226 g/mol. The molecule has 0 saturated heterocycles. The van der Waals surface area contributed by atoms with Crippen molar-refractivity contribution >= 4 is 5.97 Å². The number of azo groups is 1. The van der Waals surface area contributed by atoms with E-state index in [1.165, 1.54) is 38.5 Å². The summed E-state index contributed by atoms with van der Waals surface area (Å²) in [6.45, 7) is 2.22. The van der Waals surface area contributed by atoms with Gasteiger partial charge in [0.1, 0.15) is 0 Å². The number of carboxylic acids is 1. The molecule has 1 N–H and O–H groups in total. The molecule has 0 amide bonds. The molecule has 1 aliphatic carbocycles. The molecule has 1 fully saturated rings. The number of aliphatic carboxylic acids is 1. The van der Waals surface area contributed by atoms with Crippen molar-refractivity contribution in [1.82, 2.24) is 0 Å². The smallest absolute Gasteiger partial charge is 0.330 e. The number of carbonyl (C=O) groups is 1. The molecule has 4 heteroatoms. The van der Waals surface area contributed by atoms with Crippen molar-refractivity contribution in [3.63, 3.8) is 0 Å². The van der Waals surface area contributed by atoms with E-state index in [0.29, 0.717) is 6.54 Å². The fourth-order valence-corrected chi connectivity index (χ4v) is 2.16. The third-order valence-corrected chi connectivity index (χ3v) is 3.21. The molecular weight excluding hydrogens is 204 g/mol. The Morgan fingerprint density at radius 3 is 2.69 bits per heavy atom. The van der Waals surface area contributed by atoms with Crippen LogP contribution in [0.3, 0.4) is 0 Å². The summed E-state index contributed by atoms with van der Waals surface area (Å²) in [6.07, 6.45) is 9.14. The van der Waals surface area contributed by atoms with E-state index in [9.17, 15) is 4.79 Å². The molecule has 0 aromatic carbocycles. The monoisotopic (exact) mass is 226 g/mol. The largest absolute Gasteiger partial charge is 0.480 e. The summed E-state index contributed by atoms with van der Waals surface area (Å²) in [7, 11) is 0. The molecule has 0 aliphatic heterocycles. The van der Waals surface area contributed by atoms with Gasteiger partial charge in [-0.1, -0.05) is 32.1 Å². The molecule has 1 rings (SSSR count). The quantitative estimate of drug-likeness (QED) is 0.558. The summed E-state index contributed by atoms with van der Waals surface area (Å²) >= 11 is 0. The molecule has 0 spiro atoms. The summed E-state index contributed by atoms with van der Waals surface area (Å²) in [5.41, 5.74) is 0. The first-order valence-electron chi connectivity index (χ1n) is 6.29. The lowest BCUT2D eigenvalue weighted by Gasteiger charge is -2.20. The highest BCUT2D eigenvalue weighted by molar-refractivity contribution is 5.72. The lowest BCUT2D eigenvalue weighted by molar-refractivity contribution is -0.138. The van der Waals surface area contributed by atoms with Crippen LogP contribution in [-0.4, -0.2) is 23.7 Å². The molecular formula is C12H22N2O2. The van der Waals surface area contributed by atoms with Crippen LogP contribution in [-0.2, 0) is 4.79 Å². The third-order valence-electron chi connectivity index (χ3n) is 3.21. The van der Waals surface area contributed by atoms with Gasteiger partial charge in [-0.25, -0.2) is 4.79 Å². The standard InChI is InChI=1S/C12H22N2O2/c1-10(12(15)16)14-13-9-5-8-11-6-3-2-4-7-11/h10-11H,2-9H2,1H3,(H,15,16). The van der Waals surface area contributed by atoms with E-state index in [0.717, 1.165) is 12.3 Å². The molecule has 0 bridgehead atoms. The second kappa shape index (κ2) is 7.36. The third kappa shape index (κ3) is 5.24. The minimum Gasteiger partial charge on any atom is -0.480 e. The van der Waals surface area contributed by atoms with Crippen LogP contribution in [0.4, 0.5) is 0 Å². The Kier molecular flexibility index (Phi) is 6.04. The highest BCUT2D eigenvalue weighted by atomic mass is 16.4. The zero-order valence-corrected chi connectivity index (χ0v) is 10.1. The maximum absolute atomic E-state index is 10.5. The number of nitrogens with zero attached hydrogens (tertiary/aromatic N) is 2. The van der Waals surface area contributed by atoms with Gasteiger partial charge >= 0.3 is 5.97 Å². The molecule has 16 heavy (non-hydrogen) atoms. The maximum atomic E-state index is 10.5. The van der Waals surface area contributed by atoms with Gasteiger partial charge in [0.25, 0.3) is 0 Å². The predicted octanol–water partition coefficient (Wildman–Crippen LogP) is 3.27. The SMILES string of the molecule is CC(N=NCCCC1CCCCC1)C(=O)O. The number of rotatable bonds is 6. The van der Waals surface area contributed by atoms with Crippen LogP contribution >= 0.6 is 0 Å². The van der Waals surface area contributed by atoms with Gasteiger partial charge in [0.2, 0.25) is 0 Å². The minimum atomic E-state index is -0.906. The van der Waals surface area contributed by atoms with Gasteiger partial charge in [-0.2, -0.15) is 10.2 Å². The number of hydrogen-bond acceptors (Lipinski definition) is 3. The zero-order chi connectivity index (χ0) is 11.8. The van der Waals surface area contributed by atoms with Crippen molar-refractivity contribution in [3.05, 3.63) is 0 Å². The fraction of sp³-hybridized carbons (Fsp3) is 0.917. The van der Waals surface area contributed by atoms with E-state index in [1.807, 2.05) is 0 Å². The van der Waals surface area contributed by atoms with Crippen molar-refractivity contribution in [2.75, 3.05) is 6.54 Å². The molecule has 0 heterocycles. The number of carboxylic acid groups (broad SMARTS) is 1. The molecule has 1 saturated carbocycles. The van der Waals surface area contributed by atoms with Crippen LogP contribution in [0.2, 0.25) is 0 Å². The molecule has 1 unspecified atom stereocenters. The molecule has 0 aromatic rings. The van der Waals surface area contributed by atoms with Crippen LogP contribution in [0.15, 0.2) is 10.2 Å². The Balaban J connectivity index is 2.04. The summed E-state index contributed by atoms with van der Waals surface area (Å²) in [5, 5.41) is 16.2. The molecule has 0 radical (unpaired) electrons. The zero-order valence-electron chi connectivity index (χ0n) is 10.1. The van der Waals surface area contributed by atoms with Crippen molar-refractivity contribution in [2.24, 2.45) is 16.1 Å². The van der Waals surface area contributed by atoms with E-state index in [1.54, 1.807) is 6.92 Å². The summed E-state index contributed by atoms with van der Waals surface area (Å²) in [5.74, 6) is -0.0307. The van der Waals surface area contributed by atoms with Crippen LogP contribution in [0.5, 0.6) is 0 Å². The van der Waals surface area contributed by atoms with Gasteiger partial charge in [0.05, 0.1) is 6.54 Å². The predicted molar refractivity (Wildman–Crippen MR) is 62.6 cm³/mol. The Morgan fingerprint density at radius 2 is 2.06 bits per heavy atom. The van der Waals surface area contributed by atoms with Gasteiger partial charge in [-0.15, -0.1) is 0 Å². The van der Waals surface area contributed by atoms with Crippen molar-refractivity contribution < 1.29 is 9.90 Å². The summed E-state index contributed by atoms with van der Waals surface area (Å²) in [4.78, 5) is 10.5. The Morgan fingerprint density at radius 1 is 1.38 bits per heavy atom. The lowest BCUT2D eigenvalue weighted by atomic mass is 9.86. The summed E-state index contributed by atoms with van der Waals surface area (Å²) < 4.78 is 0. The van der Waals surface area contributed by atoms with E-state index < -0.39 is 12.0 Å². The molecule has 0 aromatic heterocycles. The van der Waals surface area contributed by atoms with Crippen LogP contribution in [0.1, 0.15) is 51.9 Å². The van der Waals surface area contributed by atoms with Gasteiger partial charge in [0.15, 0.2) is 6.04 Å². The van der Waals surface area contributed by atoms with Crippen LogP contribution in [0, 0.1) is 5.92 Å². The normalized spacial score (nSPS) is 20.1. The van der Waals surface area contributed by atoms with Gasteiger partial charge in [-0.3, -0.25) is 0 Å². The second-order valence-electron chi connectivity index (χ2n) is 4.64. The van der Waals surface area contributed by atoms with Crippen molar-refractivity contribution in [2.45, 2.75) is 57.9 Å². The van der Waals surface area contributed by atoms with Gasteiger partial charge < -0.3 is 5.11 Å². The highest BCUT2D eigenvalue weighted by Gasteiger charge is 2.12. The van der Waals surface area contributed by atoms with Crippen LogP contribution in [0.25, 0.3) is 0 Å². The maximum Gasteiger partial charge on any atom is 0.330 e. The Hall–Kier alpha value is -0.930. The first kappa shape index (κ1) is 13.1. The van der Waals surface area contributed by atoms with E-state index >= 15 is 0 Å². The summed E-state index contributed by atoms with van der Waals surface area (Å²) in [6, 6.07) is -0.699. The lowest BCUT2D eigenvalue weighted by Crippen LogP contribution is -2.12. The average Bonchev–Trinajstić information content (AvgIpc) is 2.29. The topological polar surface area (TPSA) is 62.0 Å². The molecule has 1 aliphatic rings. The van der Waals surface area contributed by atoms with Gasteiger partial charge in [-0.05, 0) is 25.7 Å². The molecule has 92 valence electrons. The first-order valence-corrected chi connectivity index (χ1v) is 6.29.